The zero-order valence-corrected chi connectivity index (χ0v) is 10.6. The molecule has 1 aromatic heterocycles. The number of hydrogen-bond acceptors (Lipinski definition) is 6. The monoisotopic (exact) mass is 260 g/mol. The van der Waals surface area contributed by atoms with Gasteiger partial charge in [0.2, 0.25) is 11.8 Å². The van der Waals surface area contributed by atoms with Crippen molar-refractivity contribution in [2.24, 2.45) is 0 Å². The van der Waals surface area contributed by atoms with Gasteiger partial charge in [0.1, 0.15) is 17.9 Å². The minimum atomic E-state index is -0.618. The van der Waals surface area contributed by atoms with Crippen molar-refractivity contribution < 1.29 is 9.84 Å². The number of nitrogen functional groups attached to an aromatic ring is 1. The van der Waals surface area contributed by atoms with Crippen LogP contribution in [0.3, 0.4) is 0 Å². The van der Waals surface area contributed by atoms with Crippen molar-refractivity contribution in [1.82, 2.24) is 15.3 Å². The van der Waals surface area contributed by atoms with Gasteiger partial charge in [0, 0.05) is 18.7 Å². The van der Waals surface area contributed by atoms with E-state index < -0.39 is 6.10 Å². The van der Waals surface area contributed by atoms with Gasteiger partial charge < -0.3 is 20.9 Å². The number of aliphatic hydroxyl groups excluding tert-OH is 1. The number of aromatic nitrogens is 2. The Morgan fingerprint density at radius 3 is 2.82 bits per heavy atom. The lowest BCUT2D eigenvalue weighted by Gasteiger charge is -2.14. The topological polar surface area (TPSA) is 93.3 Å². The maximum atomic E-state index is 9.60. The average molecular weight is 261 g/mol. The molecule has 17 heavy (non-hydrogen) atoms. The Morgan fingerprint density at radius 1 is 1.53 bits per heavy atom. The van der Waals surface area contributed by atoms with Gasteiger partial charge in [-0.15, -0.1) is 0 Å². The number of halogens is 1. The summed E-state index contributed by atoms with van der Waals surface area (Å²) in [4.78, 5) is 7.53. The van der Waals surface area contributed by atoms with Crippen LogP contribution in [0.4, 0.5) is 5.95 Å². The maximum absolute atomic E-state index is 9.60. The fourth-order valence-corrected chi connectivity index (χ4v) is 1.28. The van der Waals surface area contributed by atoms with E-state index in [1.54, 1.807) is 0 Å². The fraction of sp³-hybridized carbons (Fsp3) is 0.600. The first-order valence-electron chi connectivity index (χ1n) is 5.31. The van der Waals surface area contributed by atoms with Crippen molar-refractivity contribution in [2.45, 2.75) is 26.0 Å². The highest BCUT2D eigenvalue weighted by atomic mass is 35.5. The highest BCUT2D eigenvalue weighted by Crippen LogP contribution is 2.14. The summed E-state index contributed by atoms with van der Waals surface area (Å²) in [7, 11) is 0. The van der Waals surface area contributed by atoms with E-state index in [1.807, 2.05) is 13.8 Å². The molecule has 1 rings (SSSR count). The van der Waals surface area contributed by atoms with E-state index in [9.17, 15) is 5.11 Å². The van der Waals surface area contributed by atoms with Crippen LogP contribution in [0.2, 0.25) is 5.15 Å². The van der Waals surface area contributed by atoms with E-state index in [2.05, 4.69) is 15.3 Å². The van der Waals surface area contributed by atoms with Crippen LogP contribution in [0, 0.1) is 0 Å². The minimum Gasteiger partial charge on any atom is -0.475 e. The molecule has 0 radical (unpaired) electrons. The molecule has 1 heterocycles. The van der Waals surface area contributed by atoms with E-state index in [-0.39, 0.29) is 23.6 Å². The van der Waals surface area contributed by atoms with Crippen LogP contribution in [0.5, 0.6) is 5.88 Å². The van der Waals surface area contributed by atoms with E-state index in [4.69, 9.17) is 22.1 Å². The Bertz CT molecular complexity index is 342. The maximum Gasteiger partial charge on any atom is 0.224 e. The van der Waals surface area contributed by atoms with Crippen molar-refractivity contribution in [3.05, 3.63) is 11.2 Å². The number of anilines is 1. The Balaban J connectivity index is 2.39. The molecule has 4 N–H and O–H groups in total. The van der Waals surface area contributed by atoms with Crippen LogP contribution >= 0.6 is 11.6 Å². The molecule has 0 amide bonds. The van der Waals surface area contributed by atoms with Crippen LogP contribution in [0.15, 0.2) is 6.07 Å². The second-order valence-electron chi connectivity index (χ2n) is 3.91. The number of nitrogens with zero attached hydrogens (tertiary/aromatic N) is 2. The normalized spacial score (nSPS) is 12.8. The molecule has 0 saturated heterocycles. The van der Waals surface area contributed by atoms with Gasteiger partial charge in [0.15, 0.2) is 0 Å². The molecule has 0 spiro atoms. The van der Waals surface area contributed by atoms with Crippen molar-refractivity contribution in [2.75, 3.05) is 18.9 Å². The second kappa shape index (κ2) is 6.58. The average Bonchev–Trinajstić information content (AvgIpc) is 2.22. The molecule has 0 aromatic carbocycles. The summed E-state index contributed by atoms with van der Waals surface area (Å²) in [5.74, 6) is 0.299. The van der Waals surface area contributed by atoms with Gasteiger partial charge in [0.25, 0.3) is 0 Å². The first kappa shape index (κ1) is 14.0. The minimum absolute atomic E-state index is 0.0438. The molecule has 0 saturated carbocycles. The zero-order chi connectivity index (χ0) is 12.8. The van der Waals surface area contributed by atoms with Crippen LogP contribution in [0.25, 0.3) is 0 Å². The number of aliphatic hydroxyl groups is 1. The molecule has 7 heteroatoms. The van der Waals surface area contributed by atoms with Crippen LogP contribution in [-0.2, 0) is 0 Å². The standard InChI is InChI=1S/C10H17ClN4O2/c1-6(2)13-4-7(16)5-17-9-3-8(11)14-10(12)15-9/h3,6-7,13,16H,4-5H2,1-2H3,(H2,12,14,15). The third kappa shape index (κ3) is 5.67. The molecule has 96 valence electrons. The third-order valence-corrected chi connectivity index (χ3v) is 2.07. The molecule has 0 fully saturated rings. The SMILES string of the molecule is CC(C)NCC(O)COc1cc(Cl)nc(N)n1. The lowest BCUT2D eigenvalue weighted by atomic mass is 10.3. The third-order valence-electron chi connectivity index (χ3n) is 1.87. The molecular formula is C10H17ClN4O2. The summed E-state index contributed by atoms with van der Waals surface area (Å²) in [6.45, 7) is 4.56. The van der Waals surface area contributed by atoms with E-state index in [0.29, 0.717) is 12.6 Å². The first-order chi connectivity index (χ1) is 7.97. The van der Waals surface area contributed by atoms with Gasteiger partial charge in [-0.05, 0) is 0 Å². The molecular weight excluding hydrogens is 244 g/mol. The smallest absolute Gasteiger partial charge is 0.224 e. The quantitative estimate of drug-likeness (QED) is 0.643. The van der Waals surface area contributed by atoms with Crippen LogP contribution in [0.1, 0.15) is 13.8 Å². The molecule has 0 aliphatic rings. The number of nitrogens with two attached hydrogens (primary N) is 1. The van der Waals surface area contributed by atoms with E-state index in [1.165, 1.54) is 6.07 Å². The largest absolute Gasteiger partial charge is 0.475 e. The molecule has 1 atom stereocenters. The van der Waals surface area contributed by atoms with E-state index in [0.717, 1.165) is 0 Å². The van der Waals surface area contributed by atoms with Crippen molar-refractivity contribution >= 4 is 17.5 Å². The Morgan fingerprint density at radius 2 is 2.24 bits per heavy atom. The number of hydrogen-bond donors (Lipinski definition) is 3. The van der Waals surface area contributed by atoms with Gasteiger partial charge in [-0.3, -0.25) is 0 Å². The van der Waals surface area contributed by atoms with Crippen LogP contribution in [-0.4, -0.2) is 40.4 Å². The summed E-state index contributed by atoms with van der Waals surface area (Å²) < 4.78 is 5.26. The molecule has 6 nitrogen and oxygen atoms in total. The highest BCUT2D eigenvalue weighted by molar-refractivity contribution is 6.29. The Labute approximate surface area is 105 Å². The summed E-state index contributed by atoms with van der Waals surface area (Å²) in [6, 6.07) is 1.76. The van der Waals surface area contributed by atoms with Gasteiger partial charge in [-0.2, -0.15) is 4.98 Å². The number of ether oxygens (including phenoxy) is 1. The summed E-state index contributed by atoms with van der Waals surface area (Å²) >= 11 is 5.68. The lowest BCUT2D eigenvalue weighted by Crippen LogP contribution is -2.35. The fourth-order valence-electron chi connectivity index (χ4n) is 1.10. The lowest BCUT2D eigenvalue weighted by molar-refractivity contribution is 0.102. The Kier molecular flexibility index (Phi) is 5.40. The summed E-state index contributed by atoms with van der Waals surface area (Å²) in [5, 5.41) is 12.9. The number of nitrogens with one attached hydrogen (secondary N) is 1. The molecule has 0 aliphatic carbocycles. The van der Waals surface area contributed by atoms with Gasteiger partial charge in [-0.25, -0.2) is 4.98 Å². The second-order valence-corrected chi connectivity index (χ2v) is 4.30. The molecule has 0 aliphatic heterocycles. The van der Waals surface area contributed by atoms with Gasteiger partial charge in [-0.1, -0.05) is 25.4 Å². The summed E-state index contributed by atoms with van der Waals surface area (Å²) in [5.41, 5.74) is 5.40. The van der Waals surface area contributed by atoms with Gasteiger partial charge in [0.05, 0.1) is 0 Å². The summed E-state index contributed by atoms with van der Waals surface area (Å²) in [6.07, 6.45) is -0.618. The van der Waals surface area contributed by atoms with Crippen LogP contribution < -0.4 is 15.8 Å². The highest BCUT2D eigenvalue weighted by Gasteiger charge is 2.07. The number of rotatable bonds is 6. The molecule has 0 bridgehead atoms. The van der Waals surface area contributed by atoms with Gasteiger partial charge >= 0.3 is 0 Å². The first-order valence-corrected chi connectivity index (χ1v) is 5.69. The predicted molar refractivity (Wildman–Crippen MR) is 66.1 cm³/mol. The molecule has 1 aromatic rings. The van der Waals surface area contributed by atoms with Crippen molar-refractivity contribution in [3.63, 3.8) is 0 Å². The zero-order valence-electron chi connectivity index (χ0n) is 9.85. The predicted octanol–water partition coefficient (Wildman–Crippen LogP) is 0.450. The Hall–Kier alpha value is -1.11. The van der Waals surface area contributed by atoms with E-state index >= 15 is 0 Å². The van der Waals surface area contributed by atoms with Crippen molar-refractivity contribution in [1.29, 1.82) is 0 Å². The van der Waals surface area contributed by atoms with Crippen molar-refractivity contribution in [3.8, 4) is 5.88 Å². The molecule has 1 unspecified atom stereocenters.